The third-order valence-corrected chi connectivity index (χ3v) is 8.61. The first-order valence-electron chi connectivity index (χ1n) is 12.2. The van der Waals surface area contributed by atoms with Gasteiger partial charge in [-0.2, -0.15) is 0 Å². The normalized spacial score (nSPS) is 34.0. The van der Waals surface area contributed by atoms with E-state index in [1.807, 2.05) is 0 Å². The number of benzene rings is 1. The van der Waals surface area contributed by atoms with Crippen molar-refractivity contribution in [3.63, 3.8) is 0 Å². The van der Waals surface area contributed by atoms with E-state index in [9.17, 15) is 4.79 Å². The molecule has 3 fully saturated rings. The molecule has 30 heavy (non-hydrogen) atoms. The second-order valence-corrected chi connectivity index (χ2v) is 10.5. The van der Waals surface area contributed by atoms with E-state index in [-0.39, 0.29) is 11.9 Å². The second-order valence-electron chi connectivity index (χ2n) is 10.1. The van der Waals surface area contributed by atoms with Crippen molar-refractivity contribution in [2.75, 3.05) is 0 Å². The Morgan fingerprint density at radius 3 is 2.43 bits per heavy atom. The van der Waals surface area contributed by atoms with Gasteiger partial charge in [0.25, 0.3) is 0 Å². The van der Waals surface area contributed by atoms with Crippen molar-refractivity contribution >= 4 is 17.6 Å². The number of carbonyl (C=O) groups excluding carboxylic acids is 1. The molecular formula is C27H37ClO2. The molecule has 0 spiro atoms. The number of allylic oxidation sites excluding steroid dienone is 1. The molecule has 1 aromatic rings. The summed E-state index contributed by atoms with van der Waals surface area (Å²) in [6, 6.07) is 7.15. The van der Waals surface area contributed by atoms with Crippen LogP contribution in [0, 0.1) is 35.5 Å². The fourth-order valence-corrected chi connectivity index (χ4v) is 6.84. The van der Waals surface area contributed by atoms with Crippen LogP contribution in [-0.2, 0) is 4.79 Å². The average molecular weight is 429 g/mol. The van der Waals surface area contributed by atoms with Crippen molar-refractivity contribution in [1.29, 1.82) is 0 Å². The van der Waals surface area contributed by atoms with E-state index < -0.39 is 0 Å². The zero-order chi connectivity index (χ0) is 20.9. The molecule has 0 N–H and O–H groups in total. The predicted octanol–water partition coefficient (Wildman–Crippen LogP) is 7.85. The minimum absolute atomic E-state index is 0.0202. The molecule has 3 saturated carbocycles. The van der Waals surface area contributed by atoms with Crippen LogP contribution in [0.4, 0.5) is 0 Å². The average Bonchev–Trinajstić information content (AvgIpc) is 2.78. The predicted molar refractivity (Wildman–Crippen MR) is 124 cm³/mol. The van der Waals surface area contributed by atoms with E-state index in [4.69, 9.17) is 16.3 Å². The molecule has 1 aromatic carbocycles. The summed E-state index contributed by atoms with van der Waals surface area (Å²) in [6.45, 7) is 3.88. The number of ether oxygens (including phenoxy) is 1. The SMILES string of the molecule is C=CCCC1CCC(C2CCC3C(CCCC3C(=O)Oc3ccc(Cl)cc3)C2)CC1. The van der Waals surface area contributed by atoms with Gasteiger partial charge in [-0.05, 0) is 105 Å². The fraction of sp³-hybridized carbons (Fsp3) is 0.667. The quantitative estimate of drug-likeness (QED) is 0.262. The van der Waals surface area contributed by atoms with Gasteiger partial charge >= 0.3 is 5.97 Å². The van der Waals surface area contributed by atoms with Crippen molar-refractivity contribution in [1.82, 2.24) is 0 Å². The van der Waals surface area contributed by atoms with E-state index in [0.29, 0.717) is 16.7 Å². The molecule has 0 aliphatic heterocycles. The highest BCUT2D eigenvalue weighted by atomic mass is 35.5. The molecule has 3 aliphatic rings. The van der Waals surface area contributed by atoms with E-state index >= 15 is 0 Å². The third-order valence-electron chi connectivity index (χ3n) is 8.36. The Labute approximate surface area is 187 Å². The Bertz CT molecular complexity index is 704. The Morgan fingerprint density at radius 2 is 1.70 bits per heavy atom. The van der Waals surface area contributed by atoms with Gasteiger partial charge in [0.1, 0.15) is 5.75 Å². The zero-order valence-corrected chi connectivity index (χ0v) is 19.0. The summed E-state index contributed by atoms with van der Waals surface area (Å²) in [4.78, 5) is 13.0. The van der Waals surface area contributed by atoms with Gasteiger partial charge in [-0.3, -0.25) is 4.79 Å². The Hall–Kier alpha value is -1.28. The first-order valence-corrected chi connectivity index (χ1v) is 12.6. The highest BCUT2D eigenvalue weighted by Crippen LogP contribution is 2.50. The molecule has 0 radical (unpaired) electrons. The number of carbonyl (C=O) groups is 1. The minimum Gasteiger partial charge on any atom is -0.426 e. The van der Waals surface area contributed by atoms with Crippen LogP contribution in [-0.4, -0.2) is 5.97 Å². The van der Waals surface area contributed by atoms with Gasteiger partial charge in [0.05, 0.1) is 5.92 Å². The van der Waals surface area contributed by atoms with E-state index in [0.717, 1.165) is 30.1 Å². The smallest absolute Gasteiger partial charge is 0.314 e. The molecule has 0 bridgehead atoms. The molecule has 4 rings (SSSR count). The van der Waals surface area contributed by atoms with Crippen LogP contribution in [0.5, 0.6) is 5.75 Å². The monoisotopic (exact) mass is 428 g/mol. The Morgan fingerprint density at radius 1 is 0.967 bits per heavy atom. The van der Waals surface area contributed by atoms with Crippen LogP contribution in [0.3, 0.4) is 0 Å². The second kappa shape index (κ2) is 10.4. The molecule has 4 atom stereocenters. The minimum atomic E-state index is -0.0202. The molecule has 164 valence electrons. The lowest BCUT2D eigenvalue weighted by atomic mass is 9.59. The number of hydrogen-bond donors (Lipinski definition) is 0. The molecule has 0 amide bonds. The standard InChI is InChI=1S/C27H37ClO2/c1-2-3-5-19-8-10-20(11-9-19)21-12-17-25-22(18-21)6-4-7-26(25)27(29)30-24-15-13-23(28)14-16-24/h2,13-16,19-22,25-26H,1,3-12,17-18H2. The molecule has 2 nitrogen and oxygen atoms in total. The highest BCUT2D eigenvalue weighted by molar-refractivity contribution is 6.30. The fourth-order valence-electron chi connectivity index (χ4n) is 6.72. The van der Waals surface area contributed by atoms with E-state index in [1.54, 1.807) is 24.3 Å². The molecule has 0 aromatic heterocycles. The number of rotatable bonds is 6. The Kier molecular flexibility index (Phi) is 7.57. The lowest BCUT2D eigenvalue weighted by Gasteiger charge is -2.46. The van der Waals surface area contributed by atoms with E-state index in [1.165, 1.54) is 70.6 Å². The summed E-state index contributed by atoms with van der Waals surface area (Å²) in [5.74, 6) is 4.66. The first kappa shape index (κ1) is 21.9. The summed E-state index contributed by atoms with van der Waals surface area (Å²) >= 11 is 5.95. The van der Waals surface area contributed by atoms with Gasteiger partial charge in [0, 0.05) is 5.02 Å². The summed E-state index contributed by atoms with van der Waals surface area (Å²) < 4.78 is 5.74. The van der Waals surface area contributed by atoms with Crippen LogP contribution in [0.25, 0.3) is 0 Å². The van der Waals surface area contributed by atoms with Gasteiger partial charge in [0.2, 0.25) is 0 Å². The summed E-state index contributed by atoms with van der Waals surface area (Å²) in [7, 11) is 0. The lowest BCUT2D eigenvalue weighted by molar-refractivity contribution is -0.144. The third kappa shape index (κ3) is 5.31. The molecule has 3 aliphatic carbocycles. The maximum Gasteiger partial charge on any atom is 0.314 e. The molecule has 3 heteroatoms. The van der Waals surface area contributed by atoms with Gasteiger partial charge < -0.3 is 4.74 Å². The Balaban J connectivity index is 1.30. The zero-order valence-electron chi connectivity index (χ0n) is 18.2. The number of hydrogen-bond acceptors (Lipinski definition) is 2. The summed E-state index contributed by atoms with van der Waals surface area (Å²) in [5.41, 5.74) is 0. The van der Waals surface area contributed by atoms with Crippen molar-refractivity contribution < 1.29 is 9.53 Å². The van der Waals surface area contributed by atoms with Crippen LogP contribution in [0.2, 0.25) is 5.02 Å². The molecular weight excluding hydrogens is 392 g/mol. The maximum absolute atomic E-state index is 13.0. The van der Waals surface area contributed by atoms with Crippen molar-refractivity contribution in [3.05, 3.63) is 41.9 Å². The topological polar surface area (TPSA) is 26.3 Å². The molecule has 0 heterocycles. The maximum atomic E-state index is 13.0. The highest BCUT2D eigenvalue weighted by Gasteiger charge is 2.43. The van der Waals surface area contributed by atoms with Gasteiger partial charge in [-0.1, -0.05) is 43.4 Å². The molecule has 4 unspecified atom stereocenters. The summed E-state index contributed by atoms with van der Waals surface area (Å²) in [6.07, 6.45) is 17.6. The lowest BCUT2D eigenvalue weighted by Crippen LogP contribution is -2.40. The van der Waals surface area contributed by atoms with Crippen molar-refractivity contribution in [2.45, 2.75) is 77.0 Å². The van der Waals surface area contributed by atoms with Crippen LogP contribution >= 0.6 is 11.6 Å². The first-order chi connectivity index (χ1) is 14.6. The molecule has 0 saturated heterocycles. The number of halogens is 1. The van der Waals surface area contributed by atoms with Gasteiger partial charge in [0.15, 0.2) is 0 Å². The largest absolute Gasteiger partial charge is 0.426 e. The number of esters is 1. The van der Waals surface area contributed by atoms with Gasteiger partial charge in [-0.25, -0.2) is 0 Å². The van der Waals surface area contributed by atoms with Crippen molar-refractivity contribution in [3.8, 4) is 5.75 Å². The van der Waals surface area contributed by atoms with Crippen LogP contribution in [0.1, 0.15) is 77.0 Å². The van der Waals surface area contributed by atoms with Gasteiger partial charge in [-0.15, -0.1) is 6.58 Å². The summed E-state index contributed by atoms with van der Waals surface area (Å²) in [5, 5.41) is 0.667. The van der Waals surface area contributed by atoms with Crippen molar-refractivity contribution in [2.24, 2.45) is 35.5 Å². The van der Waals surface area contributed by atoms with E-state index in [2.05, 4.69) is 12.7 Å². The van der Waals surface area contributed by atoms with Crippen LogP contribution < -0.4 is 4.74 Å². The van der Waals surface area contributed by atoms with Crippen LogP contribution in [0.15, 0.2) is 36.9 Å². The number of fused-ring (bicyclic) bond motifs is 1.